The summed E-state index contributed by atoms with van der Waals surface area (Å²) in [6, 6.07) is 1.24. The third kappa shape index (κ3) is 3.84. The fraction of sp³-hybridized carbons (Fsp3) is 0.571. The van der Waals surface area contributed by atoms with Crippen molar-refractivity contribution >= 4 is 11.9 Å². The molecule has 1 aromatic rings. The van der Waals surface area contributed by atoms with Crippen molar-refractivity contribution in [3.05, 3.63) is 23.7 Å². The first-order valence-electron chi connectivity index (χ1n) is 6.91. The fourth-order valence-corrected chi connectivity index (χ4v) is 2.44. The van der Waals surface area contributed by atoms with E-state index in [4.69, 9.17) is 9.52 Å². The number of carbonyl (C=O) groups excluding carboxylic acids is 1. The lowest BCUT2D eigenvalue weighted by Crippen LogP contribution is -2.43. The first kappa shape index (κ1) is 14.6. The number of aromatic carboxylic acids is 1. The van der Waals surface area contributed by atoms with Crippen LogP contribution in [0.1, 0.15) is 47.1 Å². The highest BCUT2D eigenvalue weighted by molar-refractivity contribution is 5.95. The van der Waals surface area contributed by atoms with Crippen molar-refractivity contribution in [1.29, 1.82) is 0 Å². The van der Waals surface area contributed by atoms with Crippen LogP contribution in [0.15, 0.2) is 16.7 Å². The summed E-state index contributed by atoms with van der Waals surface area (Å²) in [4.78, 5) is 25.0. The molecule has 0 saturated carbocycles. The molecule has 1 aromatic heterocycles. The molecule has 2 N–H and O–H groups in total. The highest BCUT2D eigenvalue weighted by Crippen LogP contribution is 2.10. The number of hydrogen-bond acceptors (Lipinski definition) is 4. The summed E-state index contributed by atoms with van der Waals surface area (Å²) in [6.07, 6.45) is 4.77. The molecule has 1 amide bonds. The second kappa shape index (κ2) is 6.56. The third-order valence-electron chi connectivity index (χ3n) is 3.43. The topological polar surface area (TPSA) is 82.8 Å². The molecule has 1 fully saturated rings. The largest absolute Gasteiger partial charge is 0.478 e. The summed E-state index contributed by atoms with van der Waals surface area (Å²) in [5.41, 5.74) is -0.0150. The molecule has 6 nitrogen and oxygen atoms in total. The van der Waals surface area contributed by atoms with Gasteiger partial charge in [-0.3, -0.25) is 4.79 Å². The van der Waals surface area contributed by atoms with Crippen LogP contribution in [0.25, 0.3) is 0 Å². The Kier molecular flexibility index (Phi) is 4.79. The van der Waals surface area contributed by atoms with E-state index in [9.17, 15) is 9.59 Å². The van der Waals surface area contributed by atoms with Crippen LogP contribution in [0, 0.1) is 0 Å². The quantitative estimate of drug-likeness (QED) is 0.855. The van der Waals surface area contributed by atoms with Crippen molar-refractivity contribution in [1.82, 2.24) is 10.2 Å². The van der Waals surface area contributed by atoms with Crippen LogP contribution < -0.4 is 5.32 Å². The van der Waals surface area contributed by atoms with E-state index in [1.54, 1.807) is 0 Å². The molecule has 0 radical (unpaired) electrons. The minimum atomic E-state index is -1.10. The van der Waals surface area contributed by atoms with Crippen LogP contribution in [0.4, 0.5) is 0 Å². The van der Waals surface area contributed by atoms with Gasteiger partial charge in [-0.15, -0.1) is 0 Å². The standard InChI is InChI=1S/C14H20N2O4/c1-10(8-16-5-3-2-4-6-16)15-13(17)12-7-11(9-20-12)14(18)19/h7,9-10H,2-6,8H2,1H3,(H,15,17)(H,18,19). The smallest absolute Gasteiger partial charge is 0.338 e. The van der Waals surface area contributed by atoms with Gasteiger partial charge in [0, 0.05) is 18.7 Å². The number of nitrogens with one attached hydrogen (secondary N) is 1. The van der Waals surface area contributed by atoms with E-state index in [0.717, 1.165) is 25.9 Å². The molecule has 1 saturated heterocycles. The molecule has 1 atom stereocenters. The Morgan fingerprint density at radius 2 is 2.10 bits per heavy atom. The monoisotopic (exact) mass is 280 g/mol. The summed E-state index contributed by atoms with van der Waals surface area (Å²) < 4.78 is 4.97. The lowest BCUT2D eigenvalue weighted by molar-refractivity contribution is 0.0695. The van der Waals surface area contributed by atoms with Crippen LogP contribution in [0.3, 0.4) is 0 Å². The third-order valence-corrected chi connectivity index (χ3v) is 3.43. The highest BCUT2D eigenvalue weighted by atomic mass is 16.4. The van der Waals surface area contributed by atoms with E-state index < -0.39 is 5.97 Å². The zero-order valence-corrected chi connectivity index (χ0v) is 11.6. The number of piperidine rings is 1. The second-order valence-electron chi connectivity index (χ2n) is 5.24. The van der Waals surface area contributed by atoms with Crippen LogP contribution in [0.5, 0.6) is 0 Å². The number of nitrogens with zero attached hydrogens (tertiary/aromatic N) is 1. The number of likely N-dealkylation sites (tertiary alicyclic amines) is 1. The molecule has 1 aliphatic rings. The predicted molar refractivity (Wildman–Crippen MR) is 72.9 cm³/mol. The van der Waals surface area contributed by atoms with E-state index in [1.165, 1.54) is 25.3 Å². The summed E-state index contributed by atoms with van der Waals surface area (Å²) in [5.74, 6) is -1.44. The molecular weight excluding hydrogens is 260 g/mol. The van der Waals surface area contributed by atoms with Gasteiger partial charge in [0.15, 0.2) is 5.76 Å². The van der Waals surface area contributed by atoms with Crippen molar-refractivity contribution < 1.29 is 19.1 Å². The van der Waals surface area contributed by atoms with E-state index in [1.807, 2.05) is 6.92 Å². The zero-order chi connectivity index (χ0) is 14.5. The van der Waals surface area contributed by atoms with Gasteiger partial charge in [-0.1, -0.05) is 6.42 Å². The van der Waals surface area contributed by atoms with Crippen molar-refractivity contribution in [2.75, 3.05) is 19.6 Å². The number of carbonyl (C=O) groups is 2. The van der Waals surface area contributed by atoms with Gasteiger partial charge in [0.25, 0.3) is 5.91 Å². The van der Waals surface area contributed by atoms with E-state index >= 15 is 0 Å². The average Bonchev–Trinajstić information content (AvgIpc) is 2.89. The molecule has 0 spiro atoms. The zero-order valence-electron chi connectivity index (χ0n) is 11.6. The van der Waals surface area contributed by atoms with Gasteiger partial charge in [0.05, 0.1) is 5.56 Å². The maximum atomic E-state index is 11.9. The molecule has 0 bridgehead atoms. The molecule has 0 aliphatic carbocycles. The molecule has 0 aromatic carbocycles. The van der Waals surface area contributed by atoms with Crippen molar-refractivity contribution in [3.8, 4) is 0 Å². The molecule has 1 aliphatic heterocycles. The normalized spacial score (nSPS) is 17.6. The predicted octanol–water partition coefficient (Wildman–Crippen LogP) is 1.58. The SMILES string of the molecule is CC(CN1CCCCC1)NC(=O)c1cc(C(=O)O)co1. The number of carboxylic acid groups (broad SMARTS) is 1. The number of furan rings is 1. The number of rotatable bonds is 5. The molecule has 2 rings (SSSR count). The molecule has 6 heteroatoms. The minimum Gasteiger partial charge on any atom is -0.478 e. The molecule has 110 valence electrons. The van der Waals surface area contributed by atoms with E-state index in [-0.39, 0.29) is 23.3 Å². The van der Waals surface area contributed by atoms with Crippen LogP contribution in [0.2, 0.25) is 0 Å². The van der Waals surface area contributed by atoms with Crippen LogP contribution in [-0.2, 0) is 0 Å². The molecule has 1 unspecified atom stereocenters. The lowest BCUT2D eigenvalue weighted by Gasteiger charge is -2.29. The summed E-state index contributed by atoms with van der Waals surface area (Å²) in [7, 11) is 0. The van der Waals surface area contributed by atoms with E-state index in [2.05, 4.69) is 10.2 Å². The van der Waals surface area contributed by atoms with Gasteiger partial charge in [-0.25, -0.2) is 4.79 Å². The number of hydrogen-bond donors (Lipinski definition) is 2. The first-order chi connectivity index (χ1) is 9.56. The maximum Gasteiger partial charge on any atom is 0.338 e. The van der Waals surface area contributed by atoms with Crippen LogP contribution >= 0.6 is 0 Å². The Morgan fingerprint density at radius 1 is 1.40 bits per heavy atom. The van der Waals surface area contributed by atoms with Gasteiger partial charge >= 0.3 is 5.97 Å². The average molecular weight is 280 g/mol. The number of amides is 1. The van der Waals surface area contributed by atoms with Gasteiger partial charge in [0.1, 0.15) is 6.26 Å². The lowest BCUT2D eigenvalue weighted by atomic mass is 10.1. The van der Waals surface area contributed by atoms with E-state index in [0.29, 0.717) is 0 Å². The van der Waals surface area contributed by atoms with Crippen molar-refractivity contribution in [3.63, 3.8) is 0 Å². The Hall–Kier alpha value is -1.82. The van der Waals surface area contributed by atoms with Crippen molar-refractivity contribution in [2.45, 2.75) is 32.2 Å². The Balaban J connectivity index is 1.84. The van der Waals surface area contributed by atoms with Crippen molar-refractivity contribution in [2.24, 2.45) is 0 Å². The Labute approximate surface area is 117 Å². The number of carboxylic acids is 1. The highest BCUT2D eigenvalue weighted by Gasteiger charge is 2.18. The summed E-state index contributed by atoms with van der Waals surface area (Å²) in [5, 5.41) is 11.6. The van der Waals surface area contributed by atoms with Gasteiger partial charge < -0.3 is 19.7 Å². The van der Waals surface area contributed by atoms with Gasteiger partial charge in [0.2, 0.25) is 0 Å². The maximum absolute atomic E-state index is 11.9. The fourth-order valence-electron chi connectivity index (χ4n) is 2.44. The molecule has 20 heavy (non-hydrogen) atoms. The van der Waals surface area contributed by atoms with Crippen LogP contribution in [-0.4, -0.2) is 47.6 Å². The minimum absolute atomic E-state index is 0.000946. The second-order valence-corrected chi connectivity index (χ2v) is 5.24. The molecule has 2 heterocycles. The van der Waals surface area contributed by atoms with Gasteiger partial charge in [-0.05, 0) is 32.9 Å². The Morgan fingerprint density at radius 3 is 2.70 bits per heavy atom. The summed E-state index contributed by atoms with van der Waals surface area (Å²) in [6.45, 7) is 4.89. The van der Waals surface area contributed by atoms with Gasteiger partial charge in [-0.2, -0.15) is 0 Å². The molecular formula is C14H20N2O4. The summed E-state index contributed by atoms with van der Waals surface area (Å²) >= 11 is 0. The Bertz CT molecular complexity index is 477. The first-order valence-corrected chi connectivity index (χ1v) is 6.91.